The fraction of sp³-hybridized carbons (Fsp3) is 0.156. The highest BCUT2D eigenvalue weighted by atomic mass is 32.2. The van der Waals surface area contributed by atoms with E-state index in [0.717, 1.165) is 16.1 Å². The minimum absolute atomic E-state index is 0.0481. The predicted molar refractivity (Wildman–Crippen MR) is 163 cm³/mol. The van der Waals surface area contributed by atoms with E-state index >= 15 is 0 Å². The van der Waals surface area contributed by atoms with Crippen molar-refractivity contribution in [3.05, 3.63) is 102 Å². The van der Waals surface area contributed by atoms with E-state index in [-0.39, 0.29) is 46.6 Å². The third kappa shape index (κ3) is 5.24. The van der Waals surface area contributed by atoms with Gasteiger partial charge in [0.2, 0.25) is 10.0 Å². The van der Waals surface area contributed by atoms with Crippen LogP contribution in [0.3, 0.4) is 0 Å². The smallest absolute Gasteiger partial charge is 0.279 e. The number of sulfonamides is 1. The Labute approximate surface area is 252 Å². The van der Waals surface area contributed by atoms with Gasteiger partial charge in [-0.2, -0.15) is 0 Å². The number of pyridine rings is 1. The number of nitrogens with one attached hydrogen (secondary N) is 1. The molecule has 0 fully saturated rings. The first-order valence-electron chi connectivity index (χ1n) is 13.5. The van der Waals surface area contributed by atoms with Gasteiger partial charge in [-0.25, -0.2) is 17.8 Å². The molecule has 0 unspecified atom stereocenters. The second-order valence-corrected chi connectivity index (χ2v) is 12.3. The van der Waals surface area contributed by atoms with E-state index in [1.54, 1.807) is 18.2 Å². The van der Waals surface area contributed by atoms with Gasteiger partial charge in [-0.1, -0.05) is 30.3 Å². The highest BCUT2D eigenvalue weighted by Gasteiger charge is 2.30. The maximum atomic E-state index is 13.7. The lowest BCUT2D eigenvalue weighted by Gasteiger charge is -2.28. The van der Waals surface area contributed by atoms with Crippen molar-refractivity contribution in [2.24, 2.45) is 0 Å². The summed E-state index contributed by atoms with van der Waals surface area (Å²) < 4.78 is 52.2. The molecule has 6 rings (SSSR count). The van der Waals surface area contributed by atoms with E-state index in [2.05, 4.69) is 10.3 Å². The van der Waals surface area contributed by atoms with Gasteiger partial charge in [0.15, 0.2) is 18.2 Å². The summed E-state index contributed by atoms with van der Waals surface area (Å²) in [6.45, 7) is 0.363. The lowest BCUT2D eigenvalue weighted by atomic mass is 10.0. The van der Waals surface area contributed by atoms with Gasteiger partial charge in [0, 0.05) is 43.2 Å². The minimum atomic E-state index is -3.76. The molecular weight excluding hydrogens is 587 g/mol. The molecule has 0 saturated carbocycles. The second-order valence-electron chi connectivity index (χ2n) is 10.3. The van der Waals surface area contributed by atoms with E-state index in [0.29, 0.717) is 28.8 Å². The molecule has 0 aliphatic carbocycles. The molecule has 5 aromatic rings. The molecule has 0 atom stereocenters. The van der Waals surface area contributed by atoms with Crippen LogP contribution in [-0.2, 0) is 16.6 Å². The molecule has 0 radical (unpaired) electrons. The first kappa shape index (κ1) is 28.9. The average Bonchev–Trinajstić information content (AvgIpc) is 3.40. The van der Waals surface area contributed by atoms with Gasteiger partial charge in [0.25, 0.3) is 11.8 Å². The standard InChI is InChI=1S/C32H27FN4O6S/c1-34-31(38)28-23-15-22(24-13-14-26-29(35-24)32(39)37(18-42-26)17-19-7-5-4-6-8-19)25(36(2)44(3,40)41)16-27(23)43-30(28)20-9-11-21(33)12-10-20/h4-16H,17-18H2,1-3H3,(H,34,38). The Balaban J connectivity index is 1.53. The lowest BCUT2D eigenvalue weighted by molar-refractivity contribution is 0.0488. The van der Waals surface area contributed by atoms with Crippen molar-refractivity contribution in [3.63, 3.8) is 0 Å². The molecule has 3 aromatic carbocycles. The van der Waals surface area contributed by atoms with Gasteiger partial charge in [0.05, 0.1) is 23.2 Å². The average molecular weight is 615 g/mol. The number of anilines is 1. The Morgan fingerprint density at radius 1 is 1.07 bits per heavy atom. The number of amides is 2. The van der Waals surface area contributed by atoms with Crippen molar-refractivity contribution in [2.45, 2.75) is 6.54 Å². The quantitative estimate of drug-likeness (QED) is 0.272. The van der Waals surface area contributed by atoms with Crippen LogP contribution in [0.1, 0.15) is 26.4 Å². The number of nitrogens with zero attached hydrogens (tertiary/aromatic N) is 3. The number of rotatable bonds is 7. The second kappa shape index (κ2) is 11.1. The zero-order valence-electron chi connectivity index (χ0n) is 24.0. The summed E-state index contributed by atoms with van der Waals surface area (Å²) in [5.41, 5.74) is 2.67. The van der Waals surface area contributed by atoms with E-state index in [9.17, 15) is 22.4 Å². The van der Waals surface area contributed by atoms with E-state index in [1.165, 1.54) is 49.3 Å². The predicted octanol–water partition coefficient (Wildman–Crippen LogP) is 5.05. The maximum Gasteiger partial charge on any atom is 0.279 e. The highest BCUT2D eigenvalue weighted by molar-refractivity contribution is 7.92. The molecule has 0 spiro atoms. The number of carbonyl (C=O) groups excluding carboxylic acids is 2. The molecular formula is C32H27FN4O6S. The summed E-state index contributed by atoms with van der Waals surface area (Å²) in [6, 6.07) is 21.3. The molecule has 1 aliphatic heterocycles. The summed E-state index contributed by atoms with van der Waals surface area (Å²) >= 11 is 0. The number of halogens is 1. The number of hydrogen-bond acceptors (Lipinski definition) is 7. The van der Waals surface area contributed by atoms with Crippen molar-refractivity contribution in [1.29, 1.82) is 0 Å². The number of carbonyl (C=O) groups is 2. The fourth-order valence-corrected chi connectivity index (χ4v) is 5.58. The Morgan fingerprint density at radius 2 is 1.80 bits per heavy atom. The Hall–Kier alpha value is -5.23. The van der Waals surface area contributed by atoms with Gasteiger partial charge in [-0.15, -0.1) is 0 Å². The first-order chi connectivity index (χ1) is 21.0. The van der Waals surface area contributed by atoms with Gasteiger partial charge in [-0.3, -0.25) is 18.8 Å². The molecule has 0 bridgehead atoms. The first-order valence-corrected chi connectivity index (χ1v) is 15.4. The lowest BCUT2D eigenvalue weighted by Crippen LogP contribution is -2.38. The normalized spacial score (nSPS) is 13.0. The zero-order valence-corrected chi connectivity index (χ0v) is 24.8. The number of fused-ring (bicyclic) bond motifs is 2. The monoisotopic (exact) mass is 614 g/mol. The van der Waals surface area contributed by atoms with Crippen LogP contribution in [0.5, 0.6) is 5.75 Å². The van der Waals surface area contributed by atoms with E-state index < -0.39 is 21.7 Å². The van der Waals surface area contributed by atoms with Gasteiger partial charge in [0.1, 0.15) is 17.2 Å². The molecule has 1 aliphatic rings. The summed E-state index contributed by atoms with van der Waals surface area (Å²) in [6.07, 6.45) is 1.06. The highest BCUT2D eigenvalue weighted by Crippen LogP contribution is 2.41. The van der Waals surface area contributed by atoms with Crippen LogP contribution in [0.4, 0.5) is 10.1 Å². The number of ether oxygens (including phenoxy) is 1. The van der Waals surface area contributed by atoms with E-state index in [4.69, 9.17) is 9.15 Å². The molecule has 44 heavy (non-hydrogen) atoms. The molecule has 10 nitrogen and oxygen atoms in total. The van der Waals surface area contributed by atoms with Crippen molar-refractivity contribution < 1.29 is 31.6 Å². The Kier molecular flexibility index (Phi) is 7.30. The van der Waals surface area contributed by atoms with Crippen LogP contribution in [0, 0.1) is 5.82 Å². The Morgan fingerprint density at radius 3 is 2.48 bits per heavy atom. The molecule has 1 N–H and O–H groups in total. The van der Waals surface area contributed by atoms with Crippen LogP contribution >= 0.6 is 0 Å². The van der Waals surface area contributed by atoms with Crippen LogP contribution in [-0.4, -0.2) is 57.2 Å². The number of furan rings is 1. The summed E-state index contributed by atoms with van der Waals surface area (Å²) in [5, 5.41) is 2.98. The van der Waals surface area contributed by atoms with E-state index in [1.807, 2.05) is 30.3 Å². The van der Waals surface area contributed by atoms with Gasteiger partial charge < -0.3 is 14.5 Å². The third-order valence-corrected chi connectivity index (χ3v) is 8.61. The summed E-state index contributed by atoms with van der Waals surface area (Å²) in [4.78, 5) is 32.9. The summed E-state index contributed by atoms with van der Waals surface area (Å²) in [5.74, 6) is -0.774. The number of aromatic nitrogens is 1. The van der Waals surface area contributed by atoms with Gasteiger partial charge in [-0.05, 0) is 48.0 Å². The molecule has 2 amide bonds. The van der Waals surface area contributed by atoms with Crippen LogP contribution in [0.2, 0.25) is 0 Å². The Bertz CT molecular complexity index is 2030. The SMILES string of the molecule is CNC(=O)c1c(-c2ccc(F)cc2)oc2cc(N(C)S(C)(=O)=O)c(-c3ccc4c(n3)C(=O)N(Cc3ccccc3)CO4)cc12. The van der Waals surface area contributed by atoms with Crippen LogP contribution in [0.25, 0.3) is 33.6 Å². The fourth-order valence-electron chi connectivity index (χ4n) is 5.07. The minimum Gasteiger partial charge on any atom is -0.471 e. The molecule has 224 valence electrons. The van der Waals surface area contributed by atoms with Gasteiger partial charge >= 0.3 is 0 Å². The molecule has 0 saturated heterocycles. The number of hydrogen-bond donors (Lipinski definition) is 1. The summed E-state index contributed by atoms with van der Waals surface area (Å²) in [7, 11) is -0.906. The molecule has 2 aromatic heterocycles. The van der Waals surface area contributed by atoms with Crippen LogP contribution < -0.4 is 14.4 Å². The maximum absolute atomic E-state index is 13.7. The zero-order chi connectivity index (χ0) is 31.2. The molecule has 12 heteroatoms. The molecule has 3 heterocycles. The van der Waals surface area contributed by atoms with Crippen molar-refractivity contribution >= 4 is 38.5 Å². The topological polar surface area (TPSA) is 122 Å². The van der Waals surface area contributed by atoms with Crippen LogP contribution in [0.15, 0.2) is 83.3 Å². The largest absolute Gasteiger partial charge is 0.471 e. The van der Waals surface area contributed by atoms with Crippen molar-refractivity contribution in [3.8, 4) is 28.3 Å². The van der Waals surface area contributed by atoms with Crippen molar-refractivity contribution in [2.75, 3.05) is 31.4 Å². The van der Waals surface area contributed by atoms with Crippen molar-refractivity contribution in [1.82, 2.24) is 15.2 Å². The number of benzene rings is 3. The third-order valence-electron chi connectivity index (χ3n) is 7.42.